The van der Waals surface area contributed by atoms with Crippen LogP contribution in [0.15, 0.2) is 59.4 Å². The molecule has 168 valence electrons. The van der Waals surface area contributed by atoms with Crippen LogP contribution in [0.4, 0.5) is 0 Å². The molecule has 0 unspecified atom stereocenters. The molecule has 1 aliphatic heterocycles. The molecule has 1 fully saturated rings. The zero-order chi connectivity index (χ0) is 22.9. The lowest BCUT2D eigenvalue weighted by atomic mass is 10.1. The smallest absolute Gasteiger partial charge is 0.275 e. The first kappa shape index (κ1) is 21.8. The molecule has 4 aromatic rings. The van der Waals surface area contributed by atoms with Crippen molar-refractivity contribution in [3.63, 3.8) is 0 Å². The highest BCUT2D eigenvalue weighted by Gasteiger charge is 2.23. The second kappa shape index (κ2) is 9.05. The number of hydrogen-bond acceptors (Lipinski definition) is 6. The minimum atomic E-state index is -0.201. The lowest BCUT2D eigenvalue weighted by Crippen LogP contribution is -2.48. The van der Waals surface area contributed by atoms with Gasteiger partial charge in [0.15, 0.2) is 0 Å². The second-order valence-corrected chi connectivity index (χ2v) is 9.53. The number of rotatable bonds is 4. The van der Waals surface area contributed by atoms with Gasteiger partial charge in [-0.1, -0.05) is 52.8 Å². The Bertz CT molecular complexity index is 1390. The molecule has 1 amide bonds. The molecule has 3 heterocycles. The highest BCUT2D eigenvalue weighted by atomic mass is 35.5. The Kier molecular flexibility index (Phi) is 5.97. The summed E-state index contributed by atoms with van der Waals surface area (Å²) in [4.78, 5) is 34.8. The fourth-order valence-electron chi connectivity index (χ4n) is 3.97. The number of halogens is 1. The number of benzene rings is 2. The number of amides is 1. The number of hydrogen-bond donors (Lipinski definition) is 0. The van der Waals surface area contributed by atoms with Crippen molar-refractivity contribution in [3.8, 4) is 10.6 Å². The highest BCUT2D eigenvalue weighted by Crippen LogP contribution is 2.26. The fourth-order valence-corrected chi connectivity index (χ4v) is 5.08. The number of fused-ring (bicyclic) bond motifs is 1. The van der Waals surface area contributed by atoms with Gasteiger partial charge in [0.25, 0.3) is 11.5 Å². The van der Waals surface area contributed by atoms with Crippen LogP contribution in [0, 0.1) is 6.92 Å². The van der Waals surface area contributed by atoms with Gasteiger partial charge in [0.1, 0.15) is 5.01 Å². The van der Waals surface area contributed by atoms with Crippen molar-refractivity contribution < 1.29 is 4.79 Å². The van der Waals surface area contributed by atoms with Gasteiger partial charge in [0.2, 0.25) is 4.96 Å². The summed E-state index contributed by atoms with van der Waals surface area (Å²) in [7, 11) is 0. The first-order valence-electron chi connectivity index (χ1n) is 10.7. The molecular weight excluding hydrogens is 458 g/mol. The summed E-state index contributed by atoms with van der Waals surface area (Å²) >= 11 is 7.46. The largest absolute Gasteiger partial charge is 0.336 e. The molecule has 0 radical (unpaired) electrons. The second-order valence-electron chi connectivity index (χ2n) is 8.14. The zero-order valence-corrected chi connectivity index (χ0v) is 19.6. The molecule has 0 aliphatic carbocycles. The molecule has 0 bridgehead atoms. The van der Waals surface area contributed by atoms with Crippen molar-refractivity contribution in [2.45, 2.75) is 13.5 Å². The van der Waals surface area contributed by atoms with Crippen LogP contribution in [-0.4, -0.2) is 56.5 Å². The fraction of sp³-hybridized carbons (Fsp3) is 0.250. The van der Waals surface area contributed by atoms with Crippen molar-refractivity contribution in [2.75, 3.05) is 26.2 Å². The maximum absolute atomic E-state index is 12.8. The first-order chi connectivity index (χ1) is 16.0. The molecule has 0 N–H and O–H groups in total. The van der Waals surface area contributed by atoms with E-state index in [1.54, 1.807) is 12.1 Å². The van der Waals surface area contributed by atoms with Gasteiger partial charge in [-0.05, 0) is 31.2 Å². The molecule has 2 aromatic carbocycles. The third-order valence-corrected chi connectivity index (χ3v) is 6.87. The summed E-state index contributed by atoms with van der Waals surface area (Å²) in [5.41, 5.74) is 3.17. The van der Waals surface area contributed by atoms with Gasteiger partial charge in [-0.2, -0.15) is 9.61 Å². The lowest BCUT2D eigenvalue weighted by Gasteiger charge is -2.34. The average molecular weight is 480 g/mol. The van der Waals surface area contributed by atoms with Crippen LogP contribution < -0.4 is 5.56 Å². The Hall–Kier alpha value is -3.07. The molecule has 7 nitrogen and oxygen atoms in total. The van der Waals surface area contributed by atoms with Crippen LogP contribution >= 0.6 is 22.9 Å². The number of piperazine rings is 1. The molecule has 9 heteroatoms. The van der Waals surface area contributed by atoms with Gasteiger partial charge < -0.3 is 4.90 Å². The monoisotopic (exact) mass is 479 g/mol. The Morgan fingerprint density at radius 3 is 2.61 bits per heavy atom. The molecule has 5 rings (SSSR count). The third-order valence-electron chi connectivity index (χ3n) is 5.68. The Labute approximate surface area is 199 Å². The van der Waals surface area contributed by atoms with Crippen LogP contribution in [0.5, 0.6) is 0 Å². The van der Waals surface area contributed by atoms with E-state index in [1.807, 2.05) is 54.3 Å². The quantitative estimate of drug-likeness (QED) is 0.446. The predicted octanol–water partition coefficient (Wildman–Crippen LogP) is 3.74. The van der Waals surface area contributed by atoms with Gasteiger partial charge in [-0.25, -0.2) is 4.98 Å². The van der Waals surface area contributed by atoms with Crippen LogP contribution in [-0.2, 0) is 6.54 Å². The number of aromatic nitrogens is 3. The Morgan fingerprint density at radius 2 is 1.85 bits per heavy atom. The topological polar surface area (TPSA) is 70.8 Å². The number of nitrogens with zero attached hydrogens (tertiary/aromatic N) is 5. The number of carbonyl (C=O) groups is 1. The van der Waals surface area contributed by atoms with E-state index >= 15 is 0 Å². The number of carbonyl (C=O) groups excluding carboxylic acids is 1. The van der Waals surface area contributed by atoms with Crippen molar-refractivity contribution in [3.05, 3.63) is 86.8 Å². The molecule has 0 atom stereocenters. The zero-order valence-electron chi connectivity index (χ0n) is 18.1. The van der Waals surface area contributed by atoms with Gasteiger partial charge >= 0.3 is 0 Å². The van der Waals surface area contributed by atoms with E-state index in [0.29, 0.717) is 40.3 Å². The van der Waals surface area contributed by atoms with E-state index in [9.17, 15) is 9.59 Å². The van der Waals surface area contributed by atoms with Crippen LogP contribution in [0.1, 0.15) is 21.6 Å². The van der Waals surface area contributed by atoms with Crippen molar-refractivity contribution in [1.82, 2.24) is 24.4 Å². The first-order valence-corrected chi connectivity index (χ1v) is 11.9. The third kappa shape index (κ3) is 4.68. The summed E-state index contributed by atoms with van der Waals surface area (Å²) in [6.07, 6.45) is 0. The van der Waals surface area contributed by atoms with E-state index in [2.05, 4.69) is 15.0 Å². The highest BCUT2D eigenvalue weighted by molar-refractivity contribution is 7.19. The van der Waals surface area contributed by atoms with Crippen LogP contribution in [0.3, 0.4) is 0 Å². The normalized spacial score (nSPS) is 14.7. The molecule has 0 saturated carbocycles. The Balaban J connectivity index is 1.28. The lowest BCUT2D eigenvalue weighted by molar-refractivity contribution is 0.0627. The molecule has 0 spiro atoms. The Morgan fingerprint density at radius 1 is 1.06 bits per heavy atom. The summed E-state index contributed by atoms with van der Waals surface area (Å²) in [6, 6.07) is 16.6. The summed E-state index contributed by atoms with van der Waals surface area (Å²) in [6.45, 7) is 5.30. The molecule has 1 aliphatic rings. The van der Waals surface area contributed by atoms with Crippen molar-refractivity contribution in [2.24, 2.45) is 0 Å². The van der Waals surface area contributed by atoms with Gasteiger partial charge in [0, 0.05) is 54.9 Å². The van der Waals surface area contributed by atoms with E-state index < -0.39 is 0 Å². The maximum atomic E-state index is 12.8. The van der Waals surface area contributed by atoms with E-state index in [1.165, 1.54) is 15.9 Å². The van der Waals surface area contributed by atoms with Gasteiger partial charge in [-0.15, -0.1) is 0 Å². The predicted molar refractivity (Wildman–Crippen MR) is 130 cm³/mol. The maximum Gasteiger partial charge on any atom is 0.275 e. The molecule has 2 aromatic heterocycles. The van der Waals surface area contributed by atoms with E-state index in [0.717, 1.165) is 29.8 Å². The summed E-state index contributed by atoms with van der Waals surface area (Å²) in [5, 5.41) is 5.73. The minimum absolute atomic E-state index is 0.0642. The van der Waals surface area contributed by atoms with Crippen molar-refractivity contribution in [1.29, 1.82) is 0 Å². The summed E-state index contributed by atoms with van der Waals surface area (Å²) in [5.74, 6) is 0.0642. The summed E-state index contributed by atoms with van der Waals surface area (Å²) < 4.78 is 1.34. The van der Waals surface area contributed by atoms with Crippen LogP contribution in [0.25, 0.3) is 15.5 Å². The molecule has 33 heavy (non-hydrogen) atoms. The minimum Gasteiger partial charge on any atom is -0.336 e. The van der Waals surface area contributed by atoms with Crippen LogP contribution in [0.2, 0.25) is 5.02 Å². The molecular formula is C24H22ClN5O2S. The van der Waals surface area contributed by atoms with Gasteiger partial charge in [-0.3, -0.25) is 14.5 Å². The average Bonchev–Trinajstić information content (AvgIpc) is 3.24. The van der Waals surface area contributed by atoms with Gasteiger partial charge in [0.05, 0.1) is 5.69 Å². The SMILES string of the molecule is Cc1cccc(C(=O)N2CCN(Cc3cc(=O)n4nc(-c5cccc(Cl)c5)sc4n3)CC2)c1. The number of aryl methyl sites for hydroxylation is 1. The molecule has 1 saturated heterocycles. The van der Waals surface area contributed by atoms with Crippen molar-refractivity contribution >= 4 is 33.8 Å². The van der Waals surface area contributed by atoms with E-state index in [-0.39, 0.29) is 11.5 Å². The standard InChI is InChI=1S/C24H22ClN5O2S/c1-16-4-2-6-18(12-16)23(32)29-10-8-28(9-11-29)15-20-14-21(31)30-24(26-20)33-22(27-30)17-5-3-7-19(25)13-17/h2-7,12-14H,8-11,15H2,1H3. The van der Waals surface area contributed by atoms with E-state index in [4.69, 9.17) is 11.6 Å².